The fourth-order valence-electron chi connectivity index (χ4n) is 3.70. The van der Waals surface area contributed by atoms with Crippen LogP contribution in [0.4, 0.5) is 4.79 Å². The SMILES string of the molecule is CN(C)CC#CCNC(=O)C(CC(=O)O)NC(=O)OCC1c2ccccc2-c2ccccc21. The van der Waals surface area contributed by atoms with Gasteiger partial charge in [0.1, 0.15) is 12.6 Å². The first-order chi connectivity index (χ1) is 15.9. The maximum Gasteiger partial charge on any atom is 0.407 e. The van der Waals surface area contributed by atoms with E-state index in [-0.39, 0.29) is 19.1 Å². The molecule has 8 nitrogen and oxygen atoms in total. The number of hydrogen-bond acceptors (Lipinski definition) is 5. The molecule has 0 fully saturated rings. The molecule has 0 bridgehead atoms. The van der Waals surface area contributed by atoms with Crippen LogP contribution in [0.15, 0.2) is 48.5 Å². The average molecular weight is 450 g/mol. The van der Waals surface area contributed by atoms with Crippen molar-refractivity contribution in [3.8, 4) is 23.0 Å². The van der Waals surface area contributed by atoms with Gasteiger partial charge in [0, 0.05) is 5.92 Å². The molecule has 0 saturated heterocycles. The number of benzene rings is 2. The number of nitrogens with one attached hydrogen (secondary N) is 2. The minimum atomic E-state index is -1.27. The van der Waals surface area contributed by atoms with Gasteiger partial charge in [0.05, 0.1) is 19.5 Å². The van der Waals surface area contributed by atoms with Gasteiger partial charge in [-0.25, -0.2) is 4.79 Å². The van der Waals surface area contributed by atoms with E-state index >= 15 is 0 Å². The highest BCUT2D eigenvalue weighted by Gasteiger charge is 2.30. The van der Waals surface area contributed by atoms with Crippen molar-refractivity contribution >= 4 is 18.0 Å². The Labute approximate surface area is 192 Å². The van der Waals surface area contributed by atoms with Crippen LogP contribution in [0.25, 0.3) is 11.1 Å². The number of rotatable bonds is 8. The molecule has 1 aliphatic carbocycles. The van der Waals surface area contributed by atoms with Crippen molar-refractivity contribution in [3.05, 3.63) is 59.7 Å². The van der Waals surface area contributed by atoms with Gasteiger partial charge in [-0.3, -0.25) is 14.5 Å². The summed E-state index contributed by atoms with van der Waals surface area (Å²) in [5.41, 5.74) is 4.31. The summed E-state index contributed by atoms with van der Waals surface area (Å²) in [4.78, 5) is 37.9. The lowest BCUT2D eigenvalue weighted by molar-refractivity contribution is -0.139. The summed E-state index contributed by atoms with van der Waals surface area (Å²) in [5, 5.41) is 14.0. The molecule has 0 saturated carbocycles. The first-order valence-corrected chi connectivity index (χ1v) is 10.6. The maximum atomic E-state index is 12.4. The fraction of sp³-hybridized carbons (Fsp3) is 0.320. The number of carbonyl (C=O) groups excluding carboxylic acids is 2. The van der Waals surface area contributed by atoms with E-state index in [1.807, 2.05) is 67.5 Å². The predicted octanol–water partition coefficient (Wildman–Crippen LogP) is 2.05. The Hall–Kier alpha value is -3.83. The van der Waals surface area contributed by atoms with E-state index in [9.17, 15) is 14.4 Å². The van der Waals surface area contributed by atoms with Crippen molar-refractivity contribution in [1.82, 2.24) is 15.5 Å². The van der Waals surface area contributed by atoms with Gasteiger partial charge in [0.25, 0.3) is 0 Å². The van der Waals surface area contributed by atoms with E-state index in [4.69, 9.17) is 9.84 Å². The number of aliphatic carboxylic acids is 1. The van der Waals surface area contributed by atoms with Crippen molar-refractivity contribution in [2.45, 2.75) is 18.4 Å². The van der Waals surface area contributed by atoms with Gasteiger partial charge in [0.2, 0.25) is 5.91 Å². The minimum Gasteiger partial charge on any atom is -0.481 e. The van der Waals surface area contributed by atoms with Gasteiger partial charge in [-0.2, -0.15) is 0 Å². The second-order valence-electron chi connectivity index (χ2n) is 7.93. The van der Waals surface area contributed by atoms with Gasteiger partial charge in [-0.1, -0.05) is 60.4 Å². The van der Waals surface area contributed by atoms with E-state index in [1.54, 1.807) is 0 Å². The fourth-order valence-corrected chi connectivity index (χ4v) is 3.70. The molecule has 2 aromatic rings. The van der Waals surface area contributed by atoms with Crippen LogP contribution in [0.2, 0.25) is 0 Å². The van der Waals surface area contributed by atoms with Gasteiger partial charge >= 0.3 is 12.1 Å². The number of ether oxygens (including phenoxy) is 1. The molecule has 2 aromatic carbocycles. The van der Waals surface area contributed by atoms with E-state index in [0.29, 0.717) is 6.54 Å². The molecule has 3 N–H and O–H groups in total. The van der Waals surface area contributed by atoms with Crippen LogP contribution in [0.1, 0.15) is 23.5 Å². The summed E-state index contributed by atoms with van der Waals surface area (Å²) in [6, 6.07) is 14.6. The summed E-state index contributed by atoms with van der Waals surface area (Å²) < 4.78 is 5.41. The van der Waals surface area contributed by atoms with Crippen molar-refractivity contribution < 1.29 is 24.2 Å². The number of carboxylic acid groups (broad SMARTS) is 1. The van der Waals surface area contributed by atoms with Crippen LogP contribution in [-0.2, 0) is 14.3 Å². The van der Waals surface area contributed by atoms with Crippen molar-refractivity contribution in [1.29, 1.82) is 0 Å². The van der Waals surface area contributed by atoms with Crippen molar-refractivity contribution in [3.63, 3.8) is 0 Å². The number of hydrogen-bond donors (Lipinski definition) is 3. The third-order valence-electron chi connectivity index (χ3n) is 5.20. The normalized spacial score (nSPS) is 12.7. The Bertz CT molecular complexity index is 1040. The number of amides is 2. The van der Waals surface area contributed by atoms with Crippen LogP contribution in [0.5, 0.6) is 0 Å². The molecule has 8 heteroatoms. The number of alkyl carbamates (subject to hydrolysis) is 1. The monoisotopic (exact) mass is 449 g/mol. The summed E-state index contributed by atoms with van der Waals surface area (Å²) in [5.74, 6) is 3.65. The molecule has 2 amide bonds. The Balaban J connectivity index is 1.60. The molecule has 0 aliphatic heterocycles. The Kier molecular flexibility index (Phi) is 8.06. The standard InChI is InChI=1S/C25H27N3O5/c1-28(2)14-8-7-13-26-24(31)22(15-23(29)30)27-25(32)33-16-21-19-11-5-3-9-17(19)18-10-4-6-12-20(18)21/h3-6,9-12,21-22H,13-16H2,1-2H3,(H,26,31)(H,27,32)(H,29,30). The molecule has 1 atom stereocenters. The molecule has 3 rings (SSSR count). The van der Waals surface area contributed by atoms with Gasteiger partial charge < -0.3 is 20.5 Å². The summed E-state index contributed by atoms with van der Waals surface area (Å²) in [6.45, 7) is 0.652. The third kappa shape index (κ3) is 6.34. The zero-order valence-electron chi connectivity index (χ0n) is 18.6. The van der Waals surface area contributed by atoms with Crippen LogP contribution in [-0.4, -0.2) is 67.8 Å². The number of carbonyl (C=O) groups is 3. The molecular weight excluding hydrogens is 422 g/mol. The number of nitrogens with zero attached hydrogens (tertiary/aromatic N) is 1. The molecule has 1 unspecified atom stereocenters. The molecule has 0 aromatic heterocycles. The Morgan fingerprint density at radius 1 is 1.03 bits per heavy atom. The second-order valence-corrected chi connectivity index (χ2v) is 7.93. The Morgan fingerprint density at radius 3 is 2.21 bits per heavy atom. The van der Waals surface area contributed by atoms with Gasteiger partial charge in [-0.15, -0.1) is 0 Å². The van der Waals surface area contributed by atoms with Crippen molar-refractivity contribution in [2.75, 3.05) is 33.8 Å². The smallest absolute Gasteiger partial charge is 0.407 e. The zero-order valence-corrected chi connectivity index (χ0v) is 18.6. The second kappa shape index (κ2) is 11.2. The quantitative estimate of drug-likeness (QED) is 0.533. The average Bonchev–Trinajstić information content (AvgIpc) is 3.10. The zero-order chi connectivity index (χ0) is 23.8. The first-order valence-electron chi connectivity index (χ1n) is 10.6. The molecule has 0 radical (unpaired) electrons. The molecular formula is C25H27N3O5. The molecule has 0 heterocycles. The van der Waals surface area contributed by atoms with Crippen LogP contribution >= 0.6 is 0 Å². The third-order valence-corrected chi connectivity index (χ3v) is 5.20. The van der Waals surface area contributed by atoms with Gasteiger partial charge in [0.15, 0.2) is 0 Å². The topological polar surface area (TPSA) is 108 Å². The number of fused-ring (bicyclic) bond motifs is 3. The summed E-state index contributed by atoms with van der Waals surface area (Å²) in [6.07, 6.45) is -1.42. The largest absolute Gasteiger partial charge is 0.481 e. The lowest BCUT2D eigenvalue weighted by Gasteiger charge is -2.18. The van der Waals surface area contributed by atoms with Crippen LogP contribution < -0.4 is 10.6 Å². The summed E-state index contributed by atoms with van der Waals surface area (Å²) >= 11 is 0. The lowest BCUT2D eigenvalue weighted by atomic mass is 9.98. The first kappa shape index (κ1) is 23.8. The van der Waals surface area contributed by atoms with E-state index in [0.717, 1.165) is 22.3 Å². The van der Waals surface area contributed by atoms with E-state index in [2.05, 4.69) is 22.5 Å². The summed E-state index contributed by atoms with van der Waals surface area (Å²) in [7, 11) is 3.74. The Morgan fingerprint density at radius 2 is 1.64 bits per heavy atom. The minimum absolute atomic E-state index is 0.0508. The predicted molar refractivity (Wildman–Crippen MR) is 124 cm³/mol. The molecule has 1 aliphatic rings. The van der Waals surface area contributed by atoms with E-state index in [1.165, 1.54) is 0 Å². The molecule has 33 heavy (non-hydrogen) atoms. The molecule has 0 spiro atoms. The van der Waals surface area contributed by atoms with Crippen molar-refractivity contribution in [2.24, 2.45) is 0 Å². The van der Waals surface area contributed by atoms with Crippen LogP contribution in [0.3, 0.4) is 0 Å². The highest BCUT2D eigenvalue weighted by molar-refractivity contribution is 5.89. The van der Waals surface area contributed by atoms with Gasteiger partial charge in [-0.05, 0) is 36.3 Å². The maximum absolute atomic E-state index is 12.4. The van der Waals surface area contributed by atoms with Crippen LogP contribution in [0, 0.1) is 11.8 Å². The molecule has 172 valence electrons. The number of carboxylic acids is 1. The highest BCUT2D eigenvalue weighted by Crippen LogP contribution is 2.44. The van der Waals surface area contributed by atoms with E-state index < -0.39 is 30.4 Å². The lowest BCUT2D eigenvalue weighted by Crippen LogP contribution is -2.48. The highest BCUT2D eigenvalue weighted by atomic mass is 16.5.